The average Bonchev–Trinajstić information content (AvgIpc) is 2.66. The second-order valence-electron chi connectivity index (χ2n) is 6.43. The number of benzene rings is 4. The summed E-state index contributed by atoms with van der Waals surface area (Å²) in [5.41, 5.74) is 2.07. The van der Waals surface area contributed by atoms with Crippen LogP contribution < -0.4 is 0 Å². The molecule has 4 rings (SSSR count). The fraction of sp³-hybridized carbons (Fsp3) is 0.0435. The van der Waals surface area contributed by atoms with Crippen LogP contribution in [0.3, 0.4) is 0 Å². The smallest absolute Gasteiger partial charge is 0.167 e. The quantitative estimate of drug-likeness (QED) is 0.228. The molecule has 0 amide bonds. The van der Waals surface area contributed by atoms with Crippen LogP contribution >= 0.6 is 15.9 Å². The van der Waals surface area contributed by atoms with Crippen molar-refractivity contribution in [3.8, 4) is 0 Å². The predicted molar refractivity (Wildman–Crippen MR) is 109 cm³/mol. The molecule has 4 aromatic rings. The van der Waals surface area contributed by atoms with Gasteiger partial charge in [0.1, 0.15) is 5.82 Å². The van der Waals surface area contributed by atoms with Crippen molar-refractivity contribution >= 4 is 49.6 Å². The normalized spacial score (nSPS) is 11.7. The number of rotatable bonds is 2. The van der Waals surface area contributed by atoms with Crippen molar-refractivity contribution < 1.29 is 13.2 Å². The summed E-state index contributed by atoms with van der Waals surface area (Å²) in [5, 5.41) is 2.05. The molecule has 0 nitrogen and oxygen atoms in total. The molecule has 0 bridgehead atoms. The lowest BCUT2D eigenvalue weighted by molar-refractivity contribution is 0.515. The highest BCUT2D eigenvalue weighted by molar-refractivity contribution is 9.10. The van der Waals surface area contributed by atoms with Gasteiger partial charge in [0.15, 0.2) is 11.6 Å². The maximum atomic E-state index is 14.6. The predicted octanol–water partition coefficient (Wildman–Crippen LogP) is 7.65. The van der Waals surface area contributed by atoms with E-state index in [1.165, 1.54) is 18.2 Å². The summed E-state index contributed by atoms with van der Waals surface area (Å²) >= 11 is 3.51. The van der Waals surface area contributed by atoms with Crippen LogP contribution in [0.15, 0.2) is 59.1 Å². The average molecular weight is 427 g/mol. The van der Waals surface area contributed by atoms with Crippen molar-refractivity contribution in [2.75, 3.05) is 0 Å². The molecule has 0 fully saturated rings. The van der Waals surface area contributed by atoms with E-state index in [0.717, 1.165) is 15.6 Å². The zero-order valence-corrected chi connectivity index (χ0v) is 15.9. The molecular weight excluding hydrogens is 413 g/mol. The highest BCUT2D eigenvalue weighted by atomic mass is 79.9. The Balaban J connectivity index is 1.92. The lowest BCUT2D eigenvalue weighted by Crippen LogP contribution is -1.92. The lowest BCUT2D eigenvalue weighted by atomic mass is 9.98. The molecule has 0 unspecified atom stereocenters. The number of hydrogen-bond acceptors (Lipinski definition) is 0. The molecule has 0 N–H and O–H groups in total. The van der Waals surface area contributed by atoms with Crippen molar-refractivity contribution in [1.82, 2.24) is 0 Å². The third kappa shape index (κ3) is 3.15. The van der Waals surface area contributed by atoms with Crippen LogP contribution in [0.25, 0.3) is 33.7 Å². The Morgan fingerprint density at radius 2 is 1.48 bits per heavy atom. The molecule has 27 heavy (non-hydrogen) atoms. The molecule has 0 spiro atoms. The van der Waals surface area contributed by atoms with E-state index in [1.807, 2.05) is 25.1 Å². The van der Waals surface area contributed by atoms with E-state index in [-0.39, 0.29) is 16.8 Å². The van der Waals surface area contributed by atoms with E-state index in [2.05, 4.69) is 15.9 Å². The number of halogens is 4. The second-order valence-corrected chi connectivity index (χ2v) is 7.22. The summed E-state index contributed by atoms with van der Waals surface area (Å²) in [6.45, 7) is 1.96. The first-order chi connectivity index (χ1) is 13.0. The van der Waals surface area contributed by atoms with Crippen molar-refractivity contribution in [3.63, 3.8) is 0 Å². The maximum absolute atomic E-state index is 14.6. The van der Waals surface area contributed by atoms with Gasteiger partial charge in [0.2, 0.25) is 0 Å². The molecule has 0 aromatic heterocycles. The lowest BCUT2D eigenvalue weighted by Gasteiger charge is -2.09. The van der Waals surface area contributed by atoms with E-state index in [0.29, 0.717) is 16.2 Å². The van der Waals surface area contributed by atoms with Crippen LogP contribution in [0.1, 0.15) is 16.7 Å². The molecule has 0 aliphatic rings. The van der Waals surface area contributed by atoms with Gasteiger partial charge in [-0.2, -0.15) is 0 Å². The van der Waals surface area contributed by atoms with Crippen molar-refractivity contribution in [2.45, 2.75) is 6.92 Å². The largest absolute Gasteiger partial charge is 0.207 e. The third-order valence-electron chi connectivity index (χ3n) is 4.67. The Morgan fingerprint density at radius 3 is 2.30 bits per heavy atom. The standard InChI is InChI=1S/C23H14BrF3/c1-13-3-2-4-14(21(13)24)5-6-16-12-20-18-10-8-17(25)11-15(18)7-9-19(20)23(27)22(16)26/h2-12H,1H3/b6-5-. The van der Waals surface area contributed by atoms with Crippen molar-refractivity contribution in [1.29, 1.82) is 0 Å². The summed E-state index contributed by atoms with van der Waals surface area (Å²) in [7, 11) is 0. The summed E-state index contributed by atoms with van der Waals surface area (Å²) in [6, 6.07) is 14.7. The van der Waals surface area contributed by atoms with E-state index < -0.39 is 11.6 Å². The molecule has 0 aliphatic heterocycles. The molecule has 0 atom stereocenters. The van der Waals surface area contributed by atoms with Crippen LogP contribution in [-0.2, 0) is 0 Å². The molecule has 134 valence electrons. The molecular formula is C23H14BrF3. The van der Waals surface area contributed by atoms with Crippen LogP contribution in [-0.4, -0.2) is 0 Å². The fourth-order valence-electron chi connectivity index (χ4n) is 3.24. The number of hydrogen-bond donors (Lipinski definition) is 0. The first kappa shape index (κ1) is 17.8. The van der Waals surface area contributed by atoms with Crippen molar-refractivity contribution in [2.24, 2.45) is 0 Å². The third-order valence-corrected chi connectivity index (χ3v) is 5.75. The van der Waals surface area contributed by atoms with Crippen LogP contribution in [0, 0.1) is 24.4 Å². The molecule has 0 aliphatic carbocycles. The van der Waals surface area contributed by atoms with Gasteiger partial charge in [0.05, 0.1) is 0 Å². The summed E-state index contributed by atoms with van der Waals surface area (Å²) in [5.74, 6) is -2.17. The molecule has 0 radical (unpaired) electrons. The SMILES string of the molecule is Cc1cccc(/C=C\c2cc3c(ccc4cc(F)ccc43)c(F)c2F)c1Br. The topological polar surface area (TPSA) is 0 Å². The van der Waals surface area contributed by atoms with E-state index in [4.69, 9.17) is 0 Å². The zero-order chi connectivity index (χ0) is 19.1. The van der Waals surface area contributed by atoms with Crippen LogP contribution in [0.4, 0.5) is 13.2 Å². The van der Waals surface area contributed by atoms with Gasteiger partial charge in [-0.05, 0) is 68.3 Å². The molecule has 4 heteroatoms. The van der Waals surface area contributed by atoms with E-state index in [9.17, 15) is 13.2 Å². The number of fused-ring (bicyclic) bond motifs is 3. The minimum atomic E-state index is -0.901. The molecule has 0 heterocycles. The summed E-state index contributed by atoms with van der Waals surface area (Å²) in [4.78, 5) is 0. The summed E-state index contributed by atoms with van der Waals surface area (Å²) in [6.07, 6.45) is 3.30. The maximum Gasteiger partial charge on any atom is 0.167 e. The molecule has 0 saturated carbocycles. The second kappa shape index (κ2) is 6.86. The van der Waals surface area contributed by atoms with Gasteiger partial charge in [0.25, 0.3) is 0 Å². The monoisotopic (exact) mass is 426 g/mol. The highest BCUT2D eigenvalue weighted by Gasteiger charge is 2.14. The highest BCUT2D eigenvalue weighted by Crippen LogP contribution is 2.32. The Labute approximate surface area is 163 Å². The van der Waals surface area contributed by atoms with E-state index >= 15 is 0 Å². The van der Waals surface area contributed by atoms with Gasteiger partial charge >= 0.3 is 0 Å². The first-order valence-corrected chi connectivity index (χ1v) is 9.18. The van der Waals surface area contributed by atoms with Gasteiger partial charge in [-0.3, -0.25) is 0 Å². The first-order valence-electron chi connectivity index (χ1n) is 8.39. The van der Waals surface area contributed by atoms with Crippen LogP contribution in [0.5, 0.6) is 0 Å². The minimum Gasteiger partial charge on any atom is -0.207 e. The Hall–Kier alpha value is -2.59. The minimum absolute atomic E-state index is 0.144. The van der Waals surface area contributed by atoms with Gasteiger partial charge in [0, 0.05) is 15.4 Å². The Morgan fingerprint density at radius 1 is 0.741 bits per heavy atom. The van der Waals surface area contributed by atoms with Crippen molar-refractivity contribution in [3.05, 3.63) is 93.2 Å². The number of aryl methyl sites for hydroxylation is 1. The Bertz CT molecular complexity index is 1230. The molecule has 0 saturated heterocycles. The molecule has 4 aromatic carbocycles. The van der Waals surface area contributed by atoms with Gasteiger partial charge in [-0.15, -0.1) is 0 Å². The van der Waals surface area contributed by atoms with Crippen LogP contribution in [0.2, 0.25) is 0 Å². The zero-order valence-electron chi connectivity index (χ0n) is 14.4. The Kier molecular flexibility index (Phi) is 4.52. The fourth-order valence-corrected chi connectivity index (χ4v) is 3.63. The van der Waals surface area contributed by atoms with Gasteiger partial charge < -0.3 is 0 Å². The van der Waals surface area contributed by atoms with Gasteiger partial charge in [-0.1, -0.05) is 48.6 Å². The van der Waals surface area contributed by atoms with Gasteiger partial charge in [-0.25, -0.2) is 13.2 Å². The summed E-state index contributed by atoms with van der Waals surface area (Å²) < 4.78 is 43.6. The van der Waals surface area contributed by atoms with E-state index in [1.54, 1.807) is 30.4 Å².